The van der Waals surface area contributed by atoms with Gasteiger partial charge in [-0.05, 0) is 29.4 Å². The molecule has 1 N–H and O–H groups in total. The Hall–Kier alpha value is -1.91. The number of nitrogens with one attached hydrogen (secondary N) is 1. The highest BCUT2D eigenvalue weighted by atomic mass is 16.5. The molecular weight excluding hydrogens is 172 g/mol. The largest absolute Gasteiger partial charge is 0.412 e. The third-order valence-corrected chi connectivity index (χ3v) is 1.36. The van der Waals surface area contributed by atoms with Gasteiger partial charge in [-0.3, -0.25) is 0 Å². The van der Waals surface area contributed by atoms with Crippen LogP contribution in [0.4, 0.5) is 10.5 Å². The number of benzene rings is 1. The lowest BCUT2D eigenvalue weighted by Gasteiger charge is -2.01. The van der Waals surface area contributed by atoms with Crippen molar-refractivity contribution in [3.05, 3.63) is 29.2 Å². The number of carbonyl (C=O) groups excluding carboxylic acids is 1. The van der Waals surface area contributed by atoms with Crippen molar-refractivity contribution in [1.29, 1.82) is 0 Å². The Morgan fingerprint density at radius 3 is 2.46 bits per heavy atom. The number of hydrogen-bond donors (Lipinski definition) is 1. The van der Waals surface area contributed by atoms with Crippen molar-refractivity contribution < 1.29 is 9.53 Å². The molecule has 0 unspecified atom stereocenters. The molecule has 0 atom stereocenters. The Labute approximate surface area is 74.7 Å². The first-order valence-electron chi connectivity index (χ1n) is 3.59. The lowest BCUT2D eigenvalue weighted by Crippen LogP contribution is -2.21. The van der Waals surface area contributed by atoms with Crippen molar-refractivity contribution in [2.45, 2.75) is 0 Å². The first-order valence-corrected chi connectivity index (χ1v) is 3.59. The smallest absolute Gasteiger partial charge is 0.410 e. The molecule has 5 nitrogen and oxygen atoms in total. The Morgan fingerprint density at radius 1 is 1.38 bits per heavy atom. The van der Waals surface area contributed by atoms with Gasteiger partial charge >= 0.3 is 6.09 Å². The van der Waals surface area contributed by atoms with Gasteiger partial charge in [0.25, 0.3) is 0 Å². The topological polar surface area (TPSA) is 67.8 Å². The van der Waals surface area contributed by atoms with Crippen LogP contribution >= 0.6 is 0 Å². The predicted octanol–water partition coefficient (Wildman–Crippen LogP) is 1.80. The number of amides is 1. The molecule has 0 bridgehead atoms. The summed E-state index contributed by atoms with van der Waals surface area (Å²) in [5.74, 6) is 0.367. The fourth-order valence-electron chi connectivity index (χ4n) is 0.733. The molecule has 0 heterocycles. The van der Waals surface area contributed by atoms with Crippen LogP contribution in [0.5, 0.6) is 5.75 Å². The van der Waals surface area contributed by atoms with Gasteiger partial charge in [0.15, 0.2) is 0 Å². The minimum absolute atomic E-state index is 0.296. The quantitative estimate of drug-likeness (QED) is 0.705. The van der Waals surface area contributed by atoms with E-state index >= 15 is 0 Å². The highest BCUT2D eigenvalue weighted by Gasteiger charge is 2.00. The summed E-state index contributed by atoms with van der Waals surface area (Å²) in [6.07, 6.45) is -0.549. The van der Waals surface area contributed by atoms with Crippen LogP contribution in [-0.4, -0.2) is 13.1 Å². The van der Waals surface area contributed by atoms with Crippen LogP contribution in [-0.2, 0) is 0 Å². The van der Waals surface area contributed by atoms with E-state index in [0.717, 1.165) is 0 Å². The van der Waals surface area contributed by atoms with Gasteiger partial charge < -0.3 is 10.1 Å². The van der Waals surface area contributed by atoms with E-state index in [-0.39, 0.29) is 0 Å². The summed E-state index contributed by atoms with van der Waals surface area (Å²) in [7, 11) is 1.46. The first kappa shape index (κ1) is 9.18. The number of rotatable bonds is 2. The lowest BCUT2D eigenvalue weighted by molar-refractivity contribution is 0.203. The summed E-state index contributed by atoms with van der Waals surface area (Å²) >= 11 is 0. The second-order valence-corrected chi connectivity index (χ2v) is 2.22. The zero-order valence-electron chi connectivity index (χ0n) is 6.98. The highest BCUT2D eigenvalue weighted by Crippen LogP contribution is 2.17. The molecule has 0 saturated heterocycles. The number of ether oxygens (including phenoxy) is 1. The normalized spacial score (nSPS) is 9.00. The highest BCUT2D eigenvalue weighted by molar-refractivity contribution is 5.70. The van der Waals surface area contributed by atoms with Crippen LogP contribution in [0.2, 0.25) is 0 Å². The molecule has 1 rings (SSSR count). The molecule has 5 heteroatoms. The Balaban J connectivity index is 2.69. The molecule has 68 valence electrons. The maximum atomic E-state index is 10.7. The van der Waals surface area contributed by atoms with Crippen LogP contribution in [0, 0.1) is 4.91 Å². The van der Waals surface area contributed by atoms with Crippen molar-refractivity contribution in [2.24, 2.45) is 5.18 Å². The van der Waals surface area contributed by atoms with Crippen LogP contribution in [0.15, 0.2) is 29.4 Å². The monoisotopic (exact) mass is 180 g/mol. The van der Waals surface area contributed by atoms with Gasteiger partial charge in [0.05, 0.1) is 0 Å². The van der Waals surface area contributed by atoms with Gasteiger partial charge in [0.1, 0.15) is 11.4 Å². The molecule has 0 saturated carbocycles. The third kappa shape index (κ3) is 2.55. The molecule has 0 aromatic heterocycles. The molecule has 0 aliphatic rings. The van der Waals surface area contributed by atoms with Gasteiger partial charge in [0.2, 0.25) is 0 Å². The van der Waals surface area contributed by atoms with E-state index < -0.39 is 6.09 Å². The van der Waals surface area contributed by atoms with Crippen molar-refractivity contribution in [3.8, 4) is 5.75 Å². The van der Waals surface area contributed by atoms with E-state index in [1.165, 1.54) is 31.3 Å². The molecule has 0 aliphatic carbocycles. The van der Waals surface area contributed by atoms with Crippen LogP contribution in [0.25, 0.3) is 0 Å². The maximum Gasteiger partial charge on any atom is 0.412 e. The first-order chi connectivity index (χ1) is 6.26. The maximum absolute atomic E-state index is 10.7. The van der Waals surface area contributed by atoms with Crippen molar-refractivity contribution in [1.82, 2.24) is 5.32 Å². The Bertz CT molecular complexity index is 308. The molecule has 0 spiro atoms. The zero-order valence-corrected chi connectivity index (χ0v) is 6.98. The summed E-state index contributed by atoms with van der Waals surface area (Å²) in [6.45, 7) is 0. The minimum Gasteiger partial charge on any atom is -0.410 e. The van der Waals surface area contributed by atoms with Crippen LogP contribution in [0.1, 0.15) is 0 Å². The number of nitroso groups, excluding NO2 is 1. The van der Waals surface area contributed by atoms with E-state index in [0.29, 0.717) is 11.4 Å². The predicted molar refractivity (Wildman–Crippen MR) is 47.0 cm³/mol. The van der Waals surface area contributed by atoms with Crippen molar-refractivity contribution in [2.75, 3.05) is 7.05 Å². The van der Waals surface area contributed by atoms with Gasteiger partial charge in [0, 0.05) is 7.05 Å². The number of hydrogen-bond acceptors (Lipinski definition) is 4. The van der Waals surface area contributed by atoms with Gasteiger partial charge in [-0.1, -0.05) is 0 Å². The minimum atomic E-state index is -0.549. The van der Waals surface area contributed by atoms with Gasteiger partial charge in [-0.2, -0.15) is 0 Å². The second-order valence-electron chi connectivity index (χ2n) is 2.22. The third-order valence-electron chi connectivity index (χ3n) is 1.36. The van der Waals surface area contributed by atoms with Crippen LogP contribution < -0.4 is 10.1 Å². The average Bonchev–Trinajstić information content (AvgIpc) is 2.19. The number of carbonyl (C=O) groups is 1. The molecule has 1 amide bonds. The van der Waals surface area contributed by atoms with E-state index in [1.54, 1.807) is 0 Å². The van der Waals surface area contributed by atoms with Crippen LogP contribution in [0.3, 0.4) is 0 Å². The fourth-order valence-corrected chi connectivity index (χ4v) is 0.733. The molecule has 1 aromatic carbocycles. The molecule has 0 radical (unpaired) electrons. The summed E-state index contributed by atoms with van der Waals surface area (Å²) in [4.78, 5) is 20.7. The molecular formula is C8H8N2O3. The fraction of sp³-hybridized carbons (Fsp3) is 0.125. The van der Waals surface area contributed by atoms with Crippen molar-refractivity contribution in [3.63, 3.8) is 0 Å². The van der Waals surface area contributed by atoms with E-state index in [2.05, 4.69) is 10.5 Å². The van der Waals surface area contributed by atoms with E-state index in [1.807, 2.05) is 0 Å². The molecule has 13 heavy (non-hydrogen) atoms. The summed E-state index contributed by atoms with van der Waals surface area (Å²) in [6, 6.07) is 5.91. The Morgan fingerprint density at radius 2 is 2.00 bits per heavy atom. The second kappa shape index (κ2) is 4.20. The van der Waals surface area contributed by atoms with E-state index in [9.17, 15) is 9.70 Å². The summed E-state index contributed by atoms with van der Waals surface area (Å²) < 4.78 is 4.77. The van der Waals surface area contributed by atoms with Gasteiger partial charge in [-0.25, -0.2) is 4.79 Å². The van der Waals surface area contributed by atoms with E-state index in [4.69, 9.17) is 4.74 Å². The SMILES string of the molecule is CNC(=O)Oc1ccc(N=O)cc1. The standard InChI is InChI=1S/C8H8N2O3/c1-9-8(11)13-7-4-2-6(10-12)3-5-7/h2-5H,1H3,(H,9,11). The van der Waals surface area contributed by atoms with Crippen molar-refractivity contribution >= 4 is 11.8 Å². The number of nitrogens with zero attached hydrogens (tertiary/aromatic N) is 1. The Kier molecular flexibility index (Phi) is 2.97. The summed E-state index contributed by atoms with van der Waals surface area (Å²) in [5.41, 5.74) is 0.296. The molecule has 0 fully saturated rings. The lowest BCUT2D eigenvalue weighted by atomic mass is 10.3. The molecule has 0 aliphatic heterocycles. The molecule has 1 aromatic rings. The summed E-state index contributed by atoms with van der Waals surface area (Å²) in [5, 5.41) is 5.00. The van der Waals surface area contributed by atoms with Gasteiger partial charge in [-0.15, -0.1) is 4.91 Å². The average molecular weight is 180 g/mol. The zero-order chi connectivity index (χ0) is 9.68.